The second kappa shape index (κ2) is 4.98. The Morgan fingerprint density at radius 3 is 2.94 bits per heavy atom. The molecule has 0 saturated carbocycles. The van der Waals surface area contributed by atoms with Gasteiger partial charge in [-0.3, -0.25) is 9.88 Å². The molecule has 3 rings (SSSR count). The third-order valence-corrected chi connectivity index (χ3v) is 4.72. The van der Waals surface area contributed by atoms with Crippen LogP contribution in [-0.2, 0) is 6.54 Å². The van der Waals surface area contributed by atoms with Crippen LogP contribution in [0.25, 0.3) is 0 Å². The molecule has 3 heteroatoms. The molecular weight excluding hydrogens is 222 g/mol. The Balaban J connectivity index is 1.64. The topological polar surface area (TPSA) is 28.2 Å². The number of pyridine rings is 1. The van der Waals surface area contributed by atoms with Crippen LogP contribution in [0.15, 0.2) is 18.5 Å². The zero-order valence-corrected chi connectivity index (χ0v) is 11.3. The van der Waals surface area contributed by atoms with E-state index < -0.39 is 0 Å². The summed E-state index contributed by atoms with van der Waals surface area (Å²) < 4.78 is 0. The van der Waals surface area contributed by atoms with E-state index in [1.54, 1.807) is 0 Å². The van der Waals surface area contributed by atoms with Gasteiger partial charge in [-0.05, 0) is 68.4 Å². The fraction of sp³-hybridized carbons (Fsp3) is 0.667. The summed E-state index contributed by atoms with van der Waals surface area (Å²) in [6.07, 6.45) is 8.01. The lowest BCUT2D eigenvalue weighted by Gasteiger charge is -2.34. The highest BCUT2D eigenvalue weighted by Gasteiger charge is 2.38. The number of nitrogens with zero attached hydrogens (tertiary/aromatic N) is 2. The van der Waals surface area contributed by atoms with Crippen molar-refractivity contribution in [3.63, 3.8) is 0 Å². The van der Waals surface area contributed by atoms with E-state index in [0.717, 1.165) is 6.54 Å². The average Bonchev–Trinajstić information content (AvgIpc) is 2.76. The van der Waals surface area contributed by atoms with Crippen molar-refractivity contribution in [3.05, 3.63) is 29.6 Å². The van der Waals surface area contributed by atoms with Crippen molar-refractivity contribution in [1.82, 2.24) is 15.2 Å². The summed E-state index contributed by atoms with van der Waals surface area (Å²) in [5.41, 5.74) is 3.38. The smallest absolute Gasteiger partial charge is 0.0315 e. The van der Waals surface area contributed by atoms with Gasteiger partial charge >= 0.3 is 0 Å². The normalized spacial score (nSPS) is 23.6. The van der Waals surface area contributed by atoms with Crippen molar-refractivity contribution in [2.75, 3.05) is 26.2 Å². The zero-order valence-electron chi connectivity index (χ0n) is 11.3. The van der Waals surface area contributed by atoms with Crippen LogP contribution >= 0.6 is 0 Å². The van der Waals surface area contributed by atoms with Gasteiger partial charge in [0.25, 0.3) is 0 Å². The minimum Gasteiger partial charge on any atom is -0.317 e. The Kier molecular flexibility index (Phi) is 3.35. The summed E-state index contributed by atoms with van der Waals surface area (Å²) in [6, 6.07) is 2.12. The predicted molar refractivity (Wildman–Crippen MR) is 73.4 cm³/mol. The highest BCUT2D eigenvalue weighted by molar-refractivity contribution is 5.21. The summed E-state index contributed by atoms with van der Waals surface area (Å²) >= 11 is 0. The monoisotopic (exact) mass is 245 g/mol. The Bertz CT molecular complexity index is 410. The highest BCUT2D eigenvalue weighted by atomic mass is 15.2. The molecule has 2 aliphatic rings. The van der Waals surface area contributed by atoms with Crippen molar-refractivity contribution >= 4 is 0 Å². The molecule has 2 fully saturated rings. The SMILES string of the molecule is Cc1ccncc1CN1CCC2(CCNCC2)C1. The minimum atomic E-state index is 0.612. The third kappa shape index (κ3) is 2.43. The van der Waals surface area contributed by atoms with E-state index in [-0.39, 0.29) is 0 Å². The molecule has 0 aromatic carbocycles. The Morgan fingerprint density at radius 2 is 2.17 bits per heavy atom. The van der Waals surface area contributed by atoms with Gasteiger partial charge in [0.1, 0.15) is 0 Å². The Labute approximate surface area is 110 Å². The second-order valence-electron chi connectivity index (χ2n) is 6.01. The molecule has 18 heavy (non-hydrogen) atoms. The van der Waals surface area contributed by atoms with E-state index in [1.807, 2.05) is 12.4 Å². The van der Waals surface area contributed by atoms with Crippen LogP contribution in [0.3, 0.4) is 0 Å². The lowest BCUT2D eigenvalue weighted by molar-refractivity contribution is 0.194. The molecule has 0 unspecified atom stereocenters. The van der Waals surface area contributed by atoms with E-state index in [4.69, 9.17) is 0 Å². The molecule has 0 atom stereocenters. The van der Waals surface area contributed by atoms with Crippen molar-refractivity contribution in [2.24, 2.45) is 5.41 Å². The second-order valence-corrected chi connectivity index (χ2v) is 6.01. The quantitative estimate of drug-likeness (QED) is 0.863. The van der Waals surface area contributed by atoms with Gasteiger partial charge in [0.05, 0.1) is 0 Å². The largest absolute Gasteiger partial charge is 0.317 e. The van der Waals surface area contributed by atoms with Crippen molar-refractivity contribution in [2.45, 2.75) is 32.7 Å². The van der Waals surface area contributed by atoms with Gasteiger partial charge < -0.3 is 5.32 Å². The van der Waals surface area contributed by atoms with Crippen molar-refractivity contribution < 1.29 is 0 Å². The fourth-order valence-corrected chi connectivity index (χ4v) is 3.43. The maximum Gasteiger partial charge on any atom is 0.0315 e. The highest BCUT2D eigenvalue weighted by Crippen LogP contribution is 2.39. The molecule has 3 heterocycles. The summed E-state index contributed by atoms with van der Waals surface area (Å²) in [7, 11) is 0. The molecule has 1 spiro atoms. The van der Waals surface area contributed by atoms with Gasteiger partial charge in [-0.2, -0.15) is 0 Å². The summed E-state index contributed by atoms with van der Waals surface area (Å²) in [5.74, 6) is 0. The maximum absolute atomic E-state index is 4.25. The number of nitrogens with one attached hydrogen (secondary N) is 1. The standard InChI is InChI=1S/C15H23N3/c1-13-2-6-17-10-14(13)11-18-9-5-15(12-18)3-7-16-8-4-15/h2,6,10,16H,3-5,7-9,11-12H2,1H3. The fourth-order valence-electron chi connectivity index (χ4n) is 3.43. The summed E-state index contributed by atoms with van der Waals surface area (Å²) in [4.78, 5) is 6.88. The molecule has 0 bridgehead atoms. The van der Waals surface area contributed by atoms with Crippen LogP contribution in [0.2, 0.25) is 0 Å². The van der Waals surface area contributed by atoms with Crippen LogP contribution in [0.5, 0.6) is 0 Å². The van der Waals surface area contributed by atoms with E-state index in [1.165, 1.54) is 56.6 Å². The summed E-state index contributed by atoms with van der Waals surface area (Å²) in [5, 5.41) is 3.48. The molecule has 1 aromatic heterocycles. The minimum absolute atomic E-state index is 0.612. The van der Waals surface area contributed by atoms with Crippen molar-refractivity contribution in [1.29, 1.82) is 0 Å². The summed E-state index contributed by atoms with van der Waals surface area (Å²) in [6.45, 7) is 8.22. The van der Waals surface area contributed by atoms with E-state index in [0.29, 0.717) is 5.41 Å². The lowest BCUT2D eigenvalue weighted by atomic mass is 9.78. The zero-order chi connectivity index (χ0) is 12.4. The Morgan fingerprint density at radius 1 is 1.33 bits per heavy atom. The van der Waals surface area contributed by atoms with Crippen LogP contribution in [0.4, 0.5) is 0 Å². The third-order valence-electron chi connectivity index (χ3n) is 4.72. The van der Waals surface area contributed by atoms with Crippen LogP contribution in [0.1, 0.15) is 30.4 Å². The number of aromatic nitrogens is 1. The Hall–Kier alpha value is -0.930. The predicted octanol–water partition coefficient (Wildman–Crippen LogP) is 1.97. The number of aryl methyl sites for hydroxylation is 1. The first-order valence-electron chi connectivity index (χ1n) is 7.10. The van der Waals surface area contributed by atoms with E-state index in [2.05, 4.69) is 28.2 Å². The molecule has 3 nitrogen and oxygen atoms in total. The van der Waals surface area contributed by atoms with Crippen LogP contribution < -0.4 is 5.32 Å². The number of likely N-dealkylation sites (tertiary alicyclic amines) is 1. The number of hydrogen-bond acceptors (Lipinski definition) is 3. The molecule has 2 saturated heterocycles. The van der Waals surface area contributed by atoms with Gasteiger partial charge in [-0.1, -0.05) is 0 Å². The molecule has 0 aliphatic carbocycles. The molecule has 98 valence electrons. The van der Waals surface area contributed by atoms with Gasteiger partial charge in [0.2, 0.25) is 0 Å². The van der Waals surface area contributed by atoms with Crippen LogP contribution in [-0.4, -0.2) is 36.1 Å². The number of piperidine rings is 1. The van der Waals surface area contributed by atoms with Crippen LogP contribution in [0, 0.1) is 12.3 Å². The first-order chi connectivity index (χ1) is 8.77. The van der Waals surface area contributed by atoms with Crippen molar-refractivity contribution in [3.8, 4) is 0 Å². The molecule has 1 aromatic rings. The van der Waals surface area contributed by atoms with E-state index in [9.17, 15) is 0 Å². The molecule has 0 amide bonds. The first-order valence-corrected chi connectivity index (χ1v) is 7.10. The number of hydrogen-bond donors (Lipinski definition) is 1. The molecule has 0 radical (unpaired) electrons. The van der Waals surface area contributed by atoms with Gasteiger partial charge in [-0.25, -0.2) is 0 Å². The van der Waals surface area contributed by atoms with Gasteiger partial charge in [-0.15, -0.1) is 0 Å². The van der Waals surface area contributed by atoms with Gasteiger partial charge in [0.15, 0.2) is 0 Å². The molecule has 1 N–H and O–H groups in total. The lowest BCUT2D eigenvalue weighted by Crippen LogP contribution is -2.38. The maximum atomic E-state index is 4.25. The molecule has 2 aliphatic heterocycles. The first kappa shape index (κ1) is 12.1. The molecular formula is C15H23N3. The van der Waals surface area contributed by atoms with Gasteiger partial charge in [0, 0.05) is 25.5 Å². The average molecular weight is 245 g/mol. The van der Waals surface area contributed by atoms with E-state index >= 15 is 0 Å². The number of rotatable bonds is 2.